The SMILES string of the molecule is CCCn1c(CN(CC(C)C)C(=O)c2cc(F)ccc2F)nc2ccccc21. The summed E-state index contributed by atoms with van der Waals surface area (Å²) in [6, 6.07) is 10.8. The largest absolute Gasteiger partial charge is 0.331 e. The van der Waals surface area contributed by atoms with E-state index in [1.807, 2.05) is 38.1 Å². The molecule has 0 unspecified atom stereocenters. The van der Waals surface area contributed by atoms with Gasteiger partial charge in [-0.3, -0.25) is 4.79 Å². The molecule has 0 saturated heterocycles. The number of aromatic nitrogens is 2. The Balaban J connectivity index is 1.99. The van der Waals surface area contributed by atoms with Crippen molar-refractivity contribution in [3.8, 4) is 0 Å². The standard InChI is InChI=1S/C22H25F2N3O/c1-4-11-27-20-8-6-5-7-19(20)25-21(27)14-26(13-15(2)3)22(28)17-12-16(23)9-10-18(17)24/h5-10,12,15H,4,11,13-14H2,1-3H3. The average Bonchev–Trinajstić information content (AvgIpc) is 3.00. The van der Waals surface area contributed by atoms with Crippen LogP contribution in [-0.2, 0) is 13.1 Å². The second kappa shape index (κ2) is 8.50. The molecule has 0 fully saturated rings. The number of nitrogens with zero attached hydrogens (tertiary/aromatic N) is 3. The van der Waals surface area contributed by atoms with E-state index >= 15 is 0 Å². The van der Waals surface area contributed by atoms with E-state index in [0.29, 0.717) is 6.54 Å². The van der Waals surface area contributed by atoms with Crippen molar-refractivity contribution in [1.29, 1.82) is 0 Å². The predicted molar refractivity (Wildman–Crippen MR) is 106 cm³/mol. The zero-order chi connectivity index (χ0) is 20.3. The molecule has 0 aliphatic heterocycles. The number of hydrogen-bond acceptors (Lipinski definition) is 2. The first-order chi connectivity index (χ1) is 13.4. The zero-order valence-corrected chi connectivity index (χ0v) is 16.5. The van der Waals surface area contributed by atoms with Gasteiger partial charge >= 0.3 is 0 Å². The molecule has 0 bridgehead atoms. The Labute approximate surface area is 163 Å². The molecule has 28 heavy (non-hydrogen) atoms. The van der Waals surface area contributed by atoms with Crippen LogP contribution in [0.25, 0.3) is 11.0 Å². The van der Waals surface area contributed by atoms with Gasteiger partial charge in [-0.15, -0.1) is 0 Å². The molecule has 3 rings (SSSR count). The predicted octanol–water partition coefficient (Wildman–Crippen LogP) is 5.02. The molecule has 0 atom stereocenters. The summed E-state index contributed by atoms with van der Waals surface area (Å²) in [7, 11) is 0. The monoisotopic (exact) mass is 385 g/mol. The third-order valence-corrected chi connectivity index (χ3v) is 4.54. The van der Waals surface area contributed by atoms with E-state index in [-0.39, 0.29) is 18.0 Å². The summed E-state index contributed by atoms with van der Waals surface area (Å²) in [5.74, 6) is -0.964. The normalized spacial score (nSPS) is 11.4. The first-order valence-corrected chi connectivity index (χ1v) is 9.59. The molecule has 1 amide bonds. The van der Waals surface area contributed by atoms with Crippen LogP contribution in [0.5, 0.6) is 0 Å². The van der Waals surface area contributed by atoms with Crippen molar-refractivity contribution in [3.63, 3.8) is 0 Å². The number of benzene rings is 2. The third-order valence-electron chi connectivity index (χ3n) is 4.54. The number of amides is 1. The Bertz CT molecular complexity index is 981. The van der Waals surface area contributed by atoms with Gasteiger partial charge in [0.05, 0.1) is 23.1 Å². The van der Waals surface area contributed by atoms with Crippen LogP contribution in [0.4, 0.5) is 8.78 Å². The maximum atomic E-state index is 14.2. The minimum Gasteiger partial charge on any atom is -0.331 e. The van der Waals surface area contributed by atoms with Crippen LogP contribution in [0.2, 0.25) is 0 Å². The summed E-state index contributed by atoms with van der Waals surface area (Å²) < 4.78 is 29.9. The van der Waals surface area contributed by atoms with Gasteiger partial charge in [0.15, 0.2) is 0 Å². The number of aryl methyl sites for hydroxylation is 1. The molecule has 0 saturated carbocycles. The van der Waals surface area contributed by atoms with Gasteiger partial charge in [0.25, 0.3) is 5.91 Å². The van der Waals surface area contributed by atoms with Gasteiger partial charge in [0.1, 0.15) is 17.5 Å². The Kier molecular flexibility index (Phi) is 6.07. The number of rotatable bonds is 7. The number of carbonyl (C=O) groups is 1. The summed E-state index contributed by atoms with van der Waals surface area (Å²) in [4.78, 5) is 19.3. The Morgan fingerprint density at radius 1 is 1.18 bits per heavy atom. The Hall–Kier alpha value is -2.76. The highest BCUT2D eigenvalue weighted by molar-refractivity contribution is 5.94. The minimum atomic E-state index is -0.720. The molecular weight excluding hydrogens is 360 g/mol. The molecule has 3 aromatic rings. The van der Waals surface area contributed by atoms with Crippen LogP contribution in [0.1, 0.15) is 43.4 Å². The van der Waals surface area contributed by atoms with E-state index in [1.165, 1.54) is 0 Å². The number of halogens is 2. The molecule has 1 aromatic heterocycles. The number of fused-ring (bicyclic) bond motifs is 1. The quantitative estimate of drug-likeness (QED) is 0.573. The van der Waals surface area contributed by atoms with E-state index in [2.05, 4.69) is 11.5 Å². The summed E-state index contributed by atoms with van der Waals surface area (Å²) in [6.07, 6.45) is 0.921. The van der Waals surface area contributed by atoms with Gasteiger partial charge in [-0.1, -0.05) is 32.9 Å². The number of imidazole rings is 1. The molecule has 1 heterocycles. The van der Waals surface area contributed by atoms with Crippen molar-refractivity contribution >= 4 is 16.9 Å². The van der Waals surface area contributed by atoms with Crippen molar-refractivity contribution < 1.29 is 13.6 Å². The molecule has 6 heteroatoms. The van der Waals surface area contributed by atoms with Crippen molar-refractivity contribution in [1.82, 2.24) is 14.5 Å². The molecular formula is C22H25F2N3O. The van der Waals surface area contributed by atoms with Crippen molar-refractivity contribution in [2.45, 2.75) is 40.3 Å². The topological polar surface area (TPSA) is 38.1 Å². The van der Waals surface area contributed by atoms with Crippen molar-refractivity contribution in [2.75, 3.05) is 6.54 Å². The maximum Gasteiger partial charge on any atom is 0.257 e. The molecule has 4 nitrogen and oxygen atoms in total. The Morgan fingerprint density at radius 2 is 1.93 bits per heavy atom. The van der Waals surface area contributed by atoms with Gasteiger partial charge in [0.2, 0.25) is 0 Å². The van der Waals surface area contributed by atoms with Gasteiger partial charge < -0.3 is 9.47 Å². The maximum absolute atomic E-state index is 14.2. The van der Waals surface area contributed by atoms with Crippen LogP contribution in [0.15, 0.2) is 42.5 Å². The van der Waals surface area contributed by atoms with E-state index < -0.39 is 17.5 Å². The van der Waals surface area contributed by atoms with Gasteiger partial charge in [0, 0.05) is 13.1 Å². The lowest BCUT2D eigenvalue weighted by atomic mass is 10.1. The second-order valence-corrected chi connectivity index (χ2v) is 7.37. The van der Waals surface area contributed by atoms with Gasteiger partial charge in [-0.05, 0) is 42.7 Å². The molecule has 148 valence electrons. The van der Waals surface area contributed by atoms with Crippen molar-refractivity contribution in [2.24, 2.45) is 5.92 Å². The lowest BCUT2D eigenvalue weighted by molar-refractivity contribution is 0.0711. The highest BCUT2D eigenvalue weighted by Crippen LogP contribution is 2.20. The molecule has 0 aliphatic rings. The summed E-state index contributed by atoms with van der Waals surface area (Å²) in [5, 5.41) is 0. The van der Waals surface area contributed by atoms with Crippen molar-refractivity contribution in [3.05, 3.63) is 65.5 Å². The summed E-state index contributed by atoms with van der Waals surface area (Å²) in [6.45, 7) is 7.48. The first-order valence-electron chi connectivity index (χ1n) is 9.59. The van der Waals surface area contributed by atoms with E-state index in [9.17, 15) is 13.6 Å². The number of carbonyl (C=O) groups excluding carboxylic acids is 1. The summed E-state index contributed by atoms with van der Waals surface area (Å²) >= 11 is 0. The number of para-hydroxylation sites is 2. The molecule has 0 aliphatic carbocycles. The van der Waals surface area contributed by atoms with E-state index in [4.69, 9.17) is 4.98 Å². The second-order valence-electron chi connectivity index (χ2n) is 7.37. The third kappa shape index (κ3) is 4.21. The minimum absolute atomic E-state index is 0.171. The fourth-order valence-corrected chi connectivity index (χ4v) is 3.38. The highest BCUT2D eigenvalue weighted by Gasteiger charge is 2.23. The zero-order valence-electron chi connectivity index (χ0n) is 16.5. The molecule has 0 radical (unpaired) electrons. The van der Waals surface area contributed by atoms with Gasteiger partial charge in [-0.2, -0.15) is 0 Å². The summed E-state index contributed by atoms with van der Waals surface area (Å²) in [5.41, 5.74) is 1.62. The number of hydrogen-bond donors (Lipinski definition) is 0. The Morgan fingerprint density at radius 3 is 2.64 bits per heavy atom. The fourth-order valence-electron chi connectivity index (χ4n) is 3.38. The average molecular weight is 385 g/mol. The fraction of sp³-hybridized carbons (Fsp3) is 0.364. The lowest BCUT2D eigenvalue weighted by Gasteiger charge is -2.25. The lowest BCUT2D eigenvalue weighted by Crippen LogP contribution is -2.35. The van der Waals surface area contributed by atoms with Crippen LogP contribution < -0.4 is 0 Å². The molecule has 0 N–H and O–H groups in total. The molecule has 0 spiro atoms. The highest BCUT2D eigenvalue weighted by atomic mass is 19.1. The molecule has 2 aromatic carbocycles. The smallest absolute Gasteiger partial charge is 0.257 e. The van der Waals surface area contributed by atoms with Crippen LogP contribution in [0.3, 0.4) is 0 Å². The van der Waals surface area contributed by atoms with Crippen LogP contribution in [-0.4, -0.2) is 26.9 Å². The van der Waals surface area contributed by atoms with E-state index in [0.717, 1.165) is 48.0 Å². The first kappa shape index (κ1) is 20.0. The van der Waals surface area contributed by atoms with Crippen LogP contribution >= 0.6 is 0 Å². The van der Waals surface area contributed by atoms with E-state index in [1.54, 1.807) is 4.90 Å². The van der Waals surface area contributed by atoms with Gasteiger partial charge in [-0.25, -0.2) is 13.8 Å². The van der Waals surface area contributed by atoms with Crippen LogP contribution in [0, 0.1) is 17.6 Å².